The van der Waals surface area contributed by atoms with Crippen LogP contribution in [0, 0.1) is 10.1 Å². The Morgan fingerprint density at radius 1 is 1.43 bits per heavy atom. The maximum Gasteiger partial charge on any atom is 0.410 e. The van der Waals surface area contributed by atoms with E-state index in [0.717, 1.165) is 0 Å². The molecule has 114 valence electrons. The third-order valence-corrected chi connectivity index (χ3v) is 2.73. The minimum absolute atomic E-state index is 0.104. The van der Waals surface area contributed by atoms with Gasteiger partial charge in [0.25, 0.3) is 0 Å². The Morgan fingerprint density at radius 3 is 2.62 bits per heavy atom. The van der Waals surface area contributed by atoms with Crippen LogP contribution >= 0.6 is 0 Å². The lowest BCUT2D eigenvalue weighted by molar-refractivity contribution is -0.388. The van der Waals surface area contributed by atoms with E-state index in [1.807, 2.05) is 0 Å². The van der Waals surface area contributed by atoms with Crippen molar-refractivity contribution in [2.75, 3.05) is 18.4 Å². The molecule has 0 saturated carbocycles. The number of ether oxygens (including phenoxy) is 1. The molecule has 0 radical (unpaired) electrons. The van der Waals surface area contributed by atoms with Crippen LogP contribution in [0.4, 0.5) is 16.4 Å². The lowest BCUT2D eigenvalue weighted by atomic mass is 10.1. The molecule has 0 aliphatic carbocycles. The van der Waals surface area contributed by atoms with E-state index in [4.69, 9.17) is 4.74 Å². The lowest BCUT2D eigenvalue weighted by Crippen LogP contribution is -2.58. The highest BCUT2D eigenvalue weighted by Crippen LogP contribution is 2.22. The Morgan fingerprint density at radius 2 is 2.05 bits per heavy atom. The van der Waals surface area contributed by atoms with E-state index in [1.165, 1.54) is 17.3 Å². The maximum absolute atomic E-state index is 11.8. The summed E-state index contributed by atoms with van der Waals surface area (Å²) in [6, 6.07) is -0.104. The molecule has 21 heavy (non-hydrogen) atoms. The van der Waals surface area contributed by atoms with Crippen LogP contribution in [0.3, 0.4) is 0 Å². The number of hydrogen-bond donors (Lipinski definition) is 1. The third-order valence-electron chi connectivity index (χ3n) is 2.73. The van der Waals surface area contributed by atoms with Crippen molar-refractivity contribution in [3.05, 3.63) is 22.5 Å². The van der Waals surface area contributed by atoms with E-state index in [9.17, 15) is 14.9 Å². The Labute approximate surface area is 121 Å². The van der Waals surface area contributed by atoms with Crippen molar-refractivity contribution in [1.29, 1.82) is 0 Å². The van der Waals surface area contributed by atoms with Gasteiger partial charge in [-0.3, -0.25) is 0 Å². The van der Waals surface area contributed by atoms with Gasteiger partial charge in [-0.05, 0) is 30.7 Å². The van der Waals surface area contributed by atoms with Crippen molar-refractivity contribution in [2.24, 2.45) is 0 Å². The molecule has 0 aromatic carbocycles. The predicted molar refractivity (Wildman–Crippen MR) is 73.9 cm³/mol. The van der Waals surface area contributed by atoms with Crippen LogP contribution in [0.2, 0.25) is 0 Å². The Bertz CT molecular complexity index is 551. The first-order chi connectivity index (χ1) is 9.76. The molecule has 2 rings (SSSR count). The molecule has 9 nitrogen and oxygen atoms in total. The number of anilines is 1. The van der Waals surface area contributed by atoms with Crippen LogP contribution in [0.15, 0.2) is 12.4 Å². The summed E-state index contributed by atoms with van der Waals surface area (Å²) in [5, 5.41) is 13.7. The SMILES string of the molecule is CC(C)(C)OC(=O)N1CC(Nc2nccnc2[N+](=O)[O-])C1. The summed E-state index contributed by atoms with van der Waals surface area (Å²) in [5.74, 6) is -0.218. The van der Waals surface area contributed by atoms with Gasteiger partial charge in [0, 0.05) is 13.1 Å². The molecule has 1 aliphatic heterocycles. The molecule has 1 amide bonds. The fourth-order valence-corrected chi connectivity index (χ4v) is 1.80. The minimum Gasteiger partial charge on any atom is -0.444 e. The summed E-state index contributed by atoms with van der Waals surface area (Å²) >= 11 is 0. The summed E-state index contributed by atoms with van der Waals surface area (Å²) in [6.45, 7) is 6.20. The van der Waals surface area contributed by atoms with Crippen molar-refractivity contribution in [3.63, 3.8) is 0 Å². The Hall–Kier alpha value is -2.45. The van der Waals surface area contributed by atoms with E-state index in [1.54, 1.807) is 20.8 Å². The van der Waals surface area contributed by atoms with Crippen molar-refractivity contribution < 1.29 is 14.5 Å². The van der Waals surface area contributed by atoms with Gasteiger partial charge >= 0.3 is 11.9 Å². The number of nitrogens with one attached hydrogen (secondary N) is 1. The zero-order valence-corrected chi connectivity index (χ0v) is 12.1. The second kappa shape index (κ2) is 5.51. The molecule has 1 aromatic rings. The van der Waals surface area contributed by atoms with E-state index >= 15 is 0 Å². The highest BCUT2D eigenvalue weighted by Gasteiger charge is 2.35. The number of likely N-dealkylation sites (tertiary alicyclic amines) is 1. The molecule has 0 spiro atoms. The fraction of sp³-hybridized carbons (Fsp3) is 0.583. The number of rotatable bonds is 3. The standard InChI is InChI=1S/C12H17N5O4/c1-12(2,3)21-11(18)16-6-8(7-16)15-9-10(17(19)20)14-5-4-13-9/h4-5,8H,6-7H2,1-3H3,(H,13,15). The predicted octanol–water partition coefficient (Wildman–Crippen LogP) is 1.42. The Balaban J connectivity index is 1.89. The van der Waals surface area contributed by atoms with Crippen LogP contribution < -0.4 is 5.32 Å². The minimum atomic E-state index is -0.598. The molecule has 1 N–H and O–H groups in total. The molecule has 0 bridgehead atoms. The average molecular weight is 295 g/mol. The van der Waals surface area contributed by atoms with E-state index in [2.05, 4.69) is 15.3 Å². The number of nitro groups is 1. The van der Waals surface area contributed by atoms with Gasteiger partial charge in [-0.2, -0.15) is 0 Å². The van der Waals surface area contributed by atoms with Gasteiger partial charge < -0.3 is 25.1 Å². The molecular weight excluding hydrogens is 278 g/mol. The van der Waals surface area contributed by atoms with Crippen LogP contribution in [0.5, 0.6) is 0 Å². The van der Waals surface area contributed by atoms with Crippen LogP contribution in [0.25, 0.3) is 0 Å². The fourth-order valence-electron chi connectivity index (χ4n) is 1.80. The van der Waals surface area contributed by atoms with Crippen LogP contribution in [-0.2, 0) is 4.74 Å². The zero-order valence-electron chi connectivity index (χ0n) is 12.1. The van der Waals surface area contributed by atoms with Gasteiger partial charge in [-0.25, -0.2) is 9.78 Å². The second-order valence-electron chi connectivity index (χ2n) is 5.71. The third kappa shape index (κ3) is 3.77. The summed E-state index contributed by atoms with van der Waals surface area (Å²) in [6.07, 6.45) is 2.24. The van der Waals surface area contributed by atoms with Crippen LogP contribution in [-0.4, -0.2) is 50.6 Å². The average Bonchev–Trinajstić information content (AvgIpc) is 2.31. The van der Waals surface area contributed by atoms with Gasteiger partial charge in [0.2, 0.25) is 5.82 Å². The lowest BCUT2D eigenvalue weighted by Gasteiger charge is -2.39. The number of carbonyl (C=O) groups excluding carboxylic acids is 1. The molecule has 9 heteroatoms. The van der Waals surface area contributed by atoms with E-state index in [-0.39, 0.29) is 17.7 Å². The van der Waals surface area contributed by atoms with Crippen molar-refractivity contribution in [2.45, 2.75) is 32.4 Å². The van der Waals surface area contributed by atoms with Gasteiger partial charge in [0.05, 0.1) is 12.2 Å². The highest BCUT2D eigenvalue weighted by atomic mass is 16.6. The number of nitrogens with zero attached hydrogens (tertiary/aromatic N) is 4. The number of carbonyl (C=O) groups is 1. The largest absolute Gasteiger partial charge is 0.444 e. The molecule has 0 unspecified atom stereocenters. The summed E-state index contributed by atoms with van der Waals surface area (Å²) < 4.78 is 5.23. The van der Waals surface area contributed by atoms with Gasteiger partial charge in [0.15, 0.2) is 6.20 Å². The topological polar surface area (TPSA) is 110 Å². The first-order valence-corrected chi connectivity index (χ1v) is 6.46. The summed E-state index contributed by atoms with van der Waals surface area (Å²) in [4.78, 5) is 31.1. The molecular formula is C12H17N5O4. The van der Waals surface area contributed by atoms with Gasteiger partial charge in [0.1, 0.15) is 5.60 Å². The number of hydrogen-bond acceptors (Lipinski definition) is 7. The smallest absolute Gasteiger partial charge is 0.410 e. The molecule has 0 atom stereocenters. The molecule has 1 aliphatic rings. The van der Waals surface area contributed by atoms with Crippen molar-refractivity contribution in [1.82, 2.24) is 14.9 Å². The molecule has 2 heterocycles. The quantitative estimate of drug-likeness (QED) is 0.663. The van der Waals surface area contributed by atoms with Gasteiger partial charge in [-0.15, -0.1) is 0 Å². The molecule has 1 aromatic heterocycles. The van der Waals surface area contributed by atoms with Crippen LogP contribution in [0.1, 0.15) is 20.8 Å². The molecule has 1 saturated heterocycles. The highest BCUT2D eigenvalue weighted by molar-refractivity contribution is 5.69. The monoisotopic (exact) mass is 295 g/mol. The maximum atomic E-state index is 11.8. The first-order valence-electron chi connectivity index (χ1n) is 6.46. The van der Waals surface area contributed by atoms with E-state index < -0.39 is 16.6 Å². The zero-order chi connectivity index (χ0) is 15.6. The van der Waals surface area contributed by atoms with Gasteiger partial charge in [-0.1, -0.05) is 0 Å². The molecule has 1 fully saturated rings. The first kappa shape index (κ1) is 14.9. The normalized spacial score (nSPS) is 15.3. The number of aromatic nitrogens is 2. The summed E-state index contributed by atoms with van der Waals surface area (Å²) in [5.41, 5.74) is -0.542. The second-order valence-corrected chi connectivity index (χ2v) is 5.71. The number of amides is 1. The van der Waals surface area contributed by atoms with Crippen molar-refractivity contribution in [3.8, 4) is 0 Å². The Kier molecular flexibility index (Phi) is 3.92. The van der Waals surface area contributed by atoms with Crippen molar-refractivity contribution >= 4 is 17.7 Å². The summed E-state index contributed by atoms with van der Waals surface area (Å²) in [7, 11) is 0. The van der Waals surface area contributed by atoms with E-state index in [0.29, 0.717) is 13.1 Å².